The quantitative estimate of drug-likeness (QED) is 0.849. The summed E-state index contributed by atoms with van der Waals surface area (Å²) in [7, 11) is 0. The minimum Gasteiger partial charge on any atom is -0.463 e. The molecule has 3 rings (SSSR count). The molecule has 2 aromatic rings. The number of benzene rings is 1. The van der Waals surface area contributed by atoms with Crippen molar-refractivity contribution in [2.45, 2.75) is 18.9 Å². The molecular formula is C16H15N3O2S. The molecule has 112 valence electrons. The van der Waals surface area contributed by atoms with Crippen molar-refractivity contribution in [3.05, 3.63) is 47.0 Å². The van der Waals surface area contributed by atoms with Gasteiger partial charge in [0.15, 0.2) is 0 Å². The van der Waals surface area contributed by atoms with Crippen molar-refractivity contribution in [2.75, 3.05) is 13.1 Å². The monoisotopic (exact) mass is 313 g/mol. The molecule has 1 aromatic carbocycles. The smallest absolute Gasteiger partial charge is 0.273 e. The Kier molecular flexibility index (Phi) is 4.35. The number of thiazole rings is 1. The molecule has 0 radical (unpaired) electrons. The zero-order chi connectivity index (χ0) is 15.4. The second-order valence-corrected chi connectivity index (χ2v) is 6.00. The summed E-state index contributed by atoms with van der Waals surface area (Å²) < 4.78 is 5.64. The van der Waals surface area contributed by atoms with Gasteiger partial charge in [-0.3, -0.25) is 4.79 Å². The van der Waals surface area contributed by atoms with E-state index in [0.717, 1.165) is 5.56 Å². The molecule has 0 aliphatic carbocycles. The van der Waals surface area contributed by atoms with E-state index >= 15 is 0 Å². The number of likely N-dealkylation sites (tertiary alicyclic amines) is 1. The largest absolute Gasteiger partial charge is 0.463 e. The highest BCUT2D eigenvalue weighted by Crippen LogP contribution is 2.20. The Labute approximate surface area is 132 Å². The van der Waals surface area contributed by atoms with Crippen LogP contribution in [0.25, 0.3) is 0 Å². The Morgan fingerprint density at radius 2 is 2.18 bits per heavy atom. The highest BCUT2D eigenvalue weighted by molar-refractivity contribution is 7.11. The number of hydrogen-bond donors (Lipinski definition) is 0. The number of aryl methyl sites for hydroxylation is 1. The Morgan fingerprint density at radius 3 is 2.82 bits per heavy atom. The standard InChI is InChI=1S/C16H15N3O2S/c17-9-13-3-1-12(2-4-13)5-6-15(20)19-10-14(11-19)21-16-18-7-8-22-16/h1-4,7-8,14H,5-6,10-11H2. The van der Waals surface area contributed by atoms with E-state index in [4.69, 9.17) is 10.00 Å². The van der Waals surface area contributed by atoms with E-state index in [0.29, 0.717) is 36.7 Å². The second kappa shape index (κ2) is 6.58. The normalized spacial score (nSPS) is 14.2. The molecule has 1 aliphatic heterocycles. The number of rotatable bonds is 5. The molecule has 1 aliphatic rings. The van der Waals surface area contributed by atoms with Gasteiger partial charge >= 0.3 is 0 Å². The summed E-state index contributed by atoms with van der Waals surface area (Å²) in [6.45, 7) is 1.26. The molecule has 0 atom stereocenters. The molecule has 1 fully saturated rings. The third-order valence-electron chi connectivity index (χ3n) is 3.59. The maximum Gasteiger partial charge on any atom is 0.273 e. The van der Waals surface area contributed by atoms with E-state index in [1.165, 1.54) is 11.3 Å². The third-order valence-corrected chi connectivity index (χ3v) is 4.25. The summed E-state index contributed by atoms with van der Waals surface area (Å²) in [5.74, 6) is 0.142. The molecule has 22 heavy (non-hydrogen) atoms. The summed E-state index contributed by atoms with van der Waals surface area (Å²) in [6, 6.07) is 9.44. The Balaban J connectivity index is 1.41. The first-order chi connectivity index (χ1) is 10.7. The zero-order valence-corrected chi connectivity index (χ0v) is 12.8. The van der Waals surface area contributed by atoms with Gasteiger partial charge in [-0.2, -0.15) is 5.26 Å². The fourth-order valence-corrected chi connectivity index (χ4v) is 2.83. The van der Waals surface area contributed by atoms with Crippen LogP contribution < -0.4 is 4.74 Å². The molecule has 0 N–H and O–H groups in total. The molecule has 2 heterocycles. The van der Waals surface area contributed by atoms with Crippen LogP contribution in [0.5, 0.6) is 5.19 Å². The first-order valence-corrected chi connectivity index (χ1v) is 7.95. The van der Waals surface area contributed by atoms with Crippen LogP contribution in [0.15, 0.2) is 35.8 Å². The number of nitrogens with zero attached hydrogens (tertiary/aromatic N) is 3. The topological polar surface area (TPSA) is 66.2 Å². The van der Waals surface area contributed by atoms with Crippen molar-refractivity contribution in [3.8, 4) is 11.3 Å². The summed E-state index contributed by atoms with van der Waals surface area (Å²) in [6.07, 6.45) is 2.94. The van der Waals surface area contributed by atoms with Gasteiger partial charge in [0, 0.05) is 18.0 Å². The third kappa shape index (κ3) is 3.43. The van der Waals surface area contributed by atoms with Crippen molar-refractivity contribution < 1.29 is 9.53 Å². The summed E-state index contributed by atoms with van der Waals surface area (Å²) >= 11 is 1.46. The SMILES string of the molecule is N#Cc1ccc(CCC(=O)N2CC(Oc3nccs3)C2)cc1. The van der Waals surface area contributed by atoms with Crippen LogP contribution in [0.4, 0.5) is 0 Å². The van der Waals surface area contributed by atoms with Gasteiger partial charge in [0.25, 0.3) is 5.19 Å². The van der Waals surface area contributed by atoms with E-state index in [2.05, 4.69) is 11.1 Å². The van der Waals surface area contributed by atoms with Gasteiger partial charge in [-0.1, -0.05) is 23.5 Å². The maximum absolute atomic E-state index is 12.1. The van der Waals surface area contributed by atoms with Crippen LogP contribution in [-0.2, 0) is 11.2 Å². The Morgan fingerprint density at radius 1 is 1.41 bits per heavy atom. The lowest BCUT2D eigenvalue weighted by atomic mass is 10.1. The fourth-order valence-electron chi connectivity index (χ4n) is 2.28. The lowest BCUT2D eigenvalue weighted by Crippen LogP contribution is -2.56. The highest BCUT2D eigenvalue weighted by atomic mass is 32.1. The number of carbonyl (C=O) groups is 1. The number of aromatic nitrogens is 1. The molecule has 0 bridgehead atoms. The van der Waals surface area contributed by atoms with Crippen LogP contribution >= 0.6 is 11.3 Å². The van der Waals surface area contributed by atoms with Crippen molar-refractivity contribution in [1.82, 2.24) is 9.88 Å². The van der Waals surface area contributed by atoms with Gasteiger partial charge in [-0.05, 0) is 24.1 Å². The number of carbonyl (C=O) groups excluding carboxylic acids is 1. The average Bonchev–Trinajstić information content (AvgIpc) is 3.01. The summed E-state index contributed by atoms with van der Waals surface area (Å²) in [4.78, 5) is 18.0. The molecule has 1 amide bonds. The van der Waals surface area contributed by atoms with Gasteiger partial charge in [0.2, 0.25) is 5.91 Å². The van der Waals surface area contributed by atoms with E-state index < -0.39 is 0 Å². The predicted octanol–water partition coefficient (Wildman–Crippen LogP) is 2.24. The lowest BCUT2D eigenvalue weighted by Gasteiger charge is -2.38. The zero-order valence-electron chi connectivity index (χ0n) is 11.9. The first kappa shape index (κ1) is 14.5. The van der Waals surface area contributed by atoms with Crippen LogP contribution in [0.2, 0.25) is 0 Å². The lowest BCUT2D eigenvalue weighted by molar-refractivity contribution is -0.139. The maximum atomic E-state index is 12.1. The minimum atomic E-state index is 0.0602. The van der Waals surface area contributed by atoms with E-state index in [1.807, 2.05) is 22.4 Å². The molecule has 5 nitrogen and oxygen atoms in total. The summed E-state index contributed by atoms with van der Waals surface area (Å²) in [5, 5.41) is 11.3. The van der Waals surface area contributed by atoms with E-state index in [9.17, 15) is 4.79 Å². The molecular weight excluding hydrogens is 298 g/mol. The van der Waals surface area contributed by atoms with E-state index in [-0.39, 0.29) is 12.0 Å². The molecule has 1 saturated heterocycles. The predicted molar refractivity (Wildman–Crippen MR) is 82.6 cm³/mol. The Bertz CT molecular complexity index is 670. The van der Waals surface area contributed by atoms with Crippen molar-refractivity contribution >= 4 is 17.2 Å². The molecule has 1 aromatic heterocycles. The van der Waals surface area contributed by atoms with Crippen molar-refractivity contribution in [3.63, 3.8) is 0 Å². The minimum absolute atomic E-state index is 0.0602. The van der Waals surface area contributed by atoms with E-state index in [1.54, 1.807) is 18.3 Å². The van der Waals surface area contributed by atoms with Gasteiger partial charge < -0.3 is 9.64 Å². The second-order valence-electron chi connectivity index (χ2n) is 5.15. The number of ether oxygens (including phenoxy) is 1. The number of hydrogen-bond acceptors (Lipinski definition) is 5. The van der Waals surface area contributed by atoms with Crippen LogP contribution in [-0.4, -0.2) is 35.0 Å². The van der Waals surface area contributed by atoms with Gasteiger partial charge in [0.05, 0.1) is 24.7 Å². The molecule has 6 heteroatoms. The fraction of sp³-hybridized carbons (Fsp3) is 0.312. The number of amides is 1. The van der Waals surface area contributed by atoms with Crippen molar-refractivity contribution in [2.24, 2.45) is 0 Å². The molecule has 0 spiro atoms. The Hall–Kier alpha value is -2.39. The van der Waals surface area contributed by atoms with Crippen LogP contribution in [0, 0.1) is 11.3 Å². The molecule has 0 unspecified atom stereocenters. The molecule has 0 saturated carbocycles. The van der Waals surface area contributed by atoms with Crippen LogP contribution in [0.1, 0.15) is 17.5 Å². The van der Waals surface area contributed by atoms with Gasteiger partial charge in [-0.25, -0.2) is 4.98 Å². The van der Waals surface area contributed by atoms with Crippen molar-refractivity contribution in [1.29, 1.82) is 5.26 Å². The summed E-state index contributed by atoms with van der Waals surface area (Å²) in [5.41, 5.74) is 1.71. The van der Waals surface area contributed by atoms with Gasteiger partial charge in [0.1, 0.15) is 6.10 Å². The van der Waals surface area contributed by atoms with Crippen LogP contribution in [0.3, 0.4) is 0 Å². The first-order valence-electron chi connectivity index (χ1n) is 7.07. The van der Waals surface area contributed by atoms with Gasteiger partial charge in [-0.15, -0.1) is 0 Å². The number of nitriles is 1. The highest BCUT2D eigenvalue weighted by Gasteiger charge is 2.32. The average molecular weight is 313 g/mol.